The summed E-state index contributed by atoms with van der Waals surface area (Å²) in [5, 5.41) is 6.67. The summed E-state index contributed by atoms with van der Waals surface area (Å²) in [5.41, 5.74) is 2.20. The average Bonchev–Trinajstić information content (AvgIpc) is 2.74. The normalized spacial score (nSPS) is 10.8. The Balaban J connectivity index is 0.00000450. The number of benzene rings is 1. The Hall–Kier alpha value is -2.23. The van der Waals surface area contributed by atoms with Gasteiger partial charge < -0.3 is 25.0 Å². The highest BCUT2D eigenvalue weighted by Crippen LogP contribution is 2.28. The van der Waals surface area contributed by atoms with Gasteiger partial charge in [0.1, 0.15) is 5.82 Å². The minimum Gasteiger partial charge on any atom is -0.493 e. The number of hydrogen-bond acceptors (Lipinski definition) is 5. The number of guanidine groups is 1. The molecule has 0 bridgehead atoms. The van der Waals surface area contributed by atoms with Gasteiger partial charge in [-0.1, -0.05) is 12.1 Å². The highest BCUT2D eigenvalue weighted by molar-refractivity contribution is 14.0. The van der Waals surface area contributed by atoms with Gasteiger partial charge >= 0.3 is 0 Å². The van der Waals surface area contributed by atoms with Gasteiger partial charge in [-0.3, -0.25) is 4.99 Å². The Morgan fingerprint density at radius 3 is 2.60 bits per heavy atom. The van der Waals surface area contributed by atoms with Gasteiger partial charge in [0, 0.05) is 27.7 Å². The fraction of sp³-hybridized carbons (Fsp3) is 0.455. The predicted molar refractivity (Wildman–Crippen MR) is 135 cm³/mol. The monoisotopic (exact) mass is 527 g/mol. The number of nitrogens with one attached hydrogen (secondary N) is 2. The van der Waals surface area contributed by atoms with Crippen molar-refractivity contribution in [3.8, 4) is 11.5 Å². The lowest BCUT2D eigenvalue weighted by molar-refractivity contribution is 0.310. The van der Waals surface area contributed by atoms with Gasteiger partial charge in [-0.25, -0.2) is 4.98 Å². The molecule has 1 aromatic carbocycles. The van der Waals surface area contributed by atoms with Crippen LogP contribution in [0.5, 0.6) is 11.5 Å². The van der Waals surface area contributed by atoms with E-state index in [0.717, 1.165) is 48.4 Å². The molecule has 0 saturated heterocycles. The SMILES string of the molecule is CCOc1cc(CCCNC(=NC)NCc2cccc(N(C)C)n2)ccc1OC.I. The second kappa shape index (κ2) is 13.9. The number of hydrogen-bond donors (Lipinski definition) is 2. The summed E-state index contributed by atoms with van der Waals surface area (Å²) in [6.07, 6.45) is 1.92. The van der Waals surface area contributed by atoms with E-state index in [4.69, 9.17) is 9.47 Å². The van der Waals surface area contributed by atoms with Crippen LogP contribution in [0.1, 0.15) is 24.6 Å². The zero-order valence-corrected chi connectivity index (χ0v) is 20.9. The van der Waals surface area contributed by atoms with Crippen LogP contribution in [0.25, 0.3) is 0 Å². The molecule has 1 aromatic heterocycles. The van der Waals surface area contributed by atoms with E-state index < -0.39 is 0 Å². The maximum absolute atomic E-state index is 5.65. The Morgan fingerprint density at radius 2 is 1.93 bits per heavy atom. The van der Waals surface area contributed by atoms with Gasteiger partial charge in [0.05, 0.1) is 26.0 Å². The third-order valence-corrected chi connectivity index (χ3v) is 4.37. The highest BCUT2D eigenvalue weighted by Gasteiger charge is 2.06. The molecule has 0 atom stereocenters. The summed E-state index contributed by atoms with van der Waals surface area (Å²) in [5.74, 6) is 3.28. The van der Waals surface area contributed by atoms with Crippen molar-refractivity contribution in [2.24, 2.45) is 4.99 Å². The molecule has 1 heterocycles. The molecule has 0 unspecified atom stereocenters. The van der Waals surface area contributed by atoms with Gasteiger partial charge in [0.2, 0.25) is 0 Å². The largest absolute Gasteiger partial charge is 0.493 e. The molecule has 0 aliphatic carbocycles. The van der Waals surface area contributed by atoms with E-state index in [1.807, 2.05) is 50.2 Å². The Morgan fingerprint density at radius 1 is 1.13 bits per heavy atom. The van der Waals surface area contributed by atoms with E-state index in [0.29, 0.717) is 13.2 Å². The van der Waals surface area contributed by atoms with Crippen LogP contribution in [0.2, 0.25) is 0 Å². The molecule has 0 aliphatic heterocycles. The lowest BCUT2D eigenvalue weighted by Crippen LogP contribution is -2.37. The number of aryl methyl sites for hydroxylation is 1. The summed E-state index contributed by atoms with van der Waals surface area (Å²) >= 11 is 0. The molecular formula is C22H34IN5O2. The molecule has 0 spiro atoms. The molecule has 2 rings (SSSR count). The smallest absolute Gasteiger partial charge is 0.191 e. The van der Waals surface area contributed by atoms with Gasteiger partial charge in [-0.05, 0) is 49.6 Å². The highest BCUT2D eigenvalue weighted by atomic mass is 127. The molecule has 2 N–H and O–H groups in total. The van der Waals surface area contributed by atoms with Crippen LogP contribution in [-0.4, -0.2) is 52.3 Å². The van der Waals surface area contributed by atoms with Crippen LogP contribution in [0, 0.1) is 0 Å². The van der Waals surface area contributed by atoms with Crippen molar-refractivity contribution >= 4 is 35.8 Å². The predicted octanol–water partition coefficient (Wildman–Crippen LogP) is 3.47. The number of aromatic nitrogens is 1. The van der Waals surface area contributed by atoms with Crippen molar-refractivity contribution in [3.63, 3.8) is 0 Å². The third-order valence-electron chi connectivity index (χ3n) is 4.37. The Labute approximate surface area is 197 Å². The van der Waals surface area contributed by atoms with E-state index in [9.17, 15) is 0 Å². The van der Waals surface area contributed by atoms with Crippen LogP contribution >= 0.6 is 24.0 Å². The summed E-state index contributed by atoms with van der Waals surface area (Å²) in [7, 11) is 7.41. The number of nitrogens with zero attached hydrogens (tertiary/aromatic N) is 3. The van der Waals surface area contributed by atoms with Crippen LogP contribution in [0.15, 0.2) is 41.4 Å². The number of anilines is 1. The molecule has 7 nitrogen and oxygen atoms in total. The number of halogens is 1. The standard InChI is InChI=1S/C22H33N5O2.HI/c1-6-29-20-15-17(12-13-19(20)28-5)9-8-14-24-22(23-2)25-16-18-10-7-11-21(26-18)27(3)4;/h7,10-13,15H,6,8-9,14,16H2,1-5H3,(H2,23,24,25);1H. The van der Waals surface area contributed by atoms with Crippen LogP contribution in [0.4, 0.5) is 5.82 Å². The van der Waals surface area contributed by atoms with E-state index in [2.05, 4.69) is 32.7 Å². The van der Waals surface area contributed by atoms with Crippen LogP contribution in [0.3, 0.4) is 0 Å². The number of pyridine rings is 1. The molecule has 0 radical (unpaired) electrons. The zero-order chi connectivity index (χ0) is 21.1. The van der Waals surface area contributed by atoms with Crippen LogP contribution in [-0.2, 0) is 13.0 Å². The first-order valence-electron chi connectivity index (χ1n) is 9.94. The average molecular weight is 527 g/mol. The lowest BCUT2D eigenvalue weighted by Gasteiger charge is -2.14. The van der Waals surface area contributed by atoms with Crippen molar-refractivity contribution in [2.75, 3.05) is 46.3 Å². The van der Waals surface area contributed by atoms with Gasteiger partial charge in [-0.15, -0.1) is 24.0 Å². The zero-order valence-electron chi connectivity index (χ0n) is 18.6. The molecule has 0 amide bonds. The van der Waals surface area contributed by atoms with Crippen molar-refractivity contribution < 1.29 is 9.47 Å². The van der Waals surface area contributed by atoms with Crippen molar-refractivity contribution in [1.82, 2.24) is 15.6 Å². The minimum atomic E-state index is 0. The minimum absolute atomic E-state index is 0. The molecule has 0 fully saturated rings. The van der Waals surface area contributed by atoms with Gasteiger partial charge in [-0.2, -0.15) is 0 Å². The Kier molecular flexibility index (Phi) is 12.0. The summed E-state index contributed by atoms with van der Waals surface area (Å²) in [6.45, 7) is 4.04. The first kappa shape index (κ1) is 25.8. The molecular weight excluding hydrogens is 493 g/mol. The summed E-state index contributed by atoms with van der Waals surface area (Å²) in [6, 6.07) is 12.1. The number of rotatable bonds is 10. The second-order valence-corrected chi connectivity index (χ2v) is 6.76. The number of methoxy groups -OCH3 is 1. The quantitative estimate of drug-likeness (QED) is 0.214. The van der Waals surface area contributed by atoms with E-state index >= 15 is 0 Å². The number of aliphatic imine (C=N–C) groups is 1. The fourth-order valence-electron chi connectivity index (χ4n) is 2.85. The molecule has 8 heteroatoms. The fourth-order valence-corrected chi connectivity index (χ4v) is 2.85. The molecule has 2 aromatic rings. The van der Waals surface area contributed by atoms with E-state index in [-0.39, 0.29) is 24.0 Å². The van der Waals surface area contributed by atoms with Crippen LogP contribution < -0.4 is 25.0 Å². The first-order valence-corrected chi connectivity index (χ1v) is 9.94. The summed E-state index contributed by atoms with van der Waals surface area (Å²) < 4.78 is 11.0. The molecule has 166 valence electrons. The summed E-state index contributed by atoms with van der Waals surface area (Å²) in [4.78, 5) is 10.9. The maximum Gasteiger partial charge on any atom is 0.191 e. The van der Waals surface area contributed by atoms with Gasteiger partial charge in [0.25, 0.3) is 0 Å². The molecule has 0 aliphatic rings. The van der Waals surface area contributed by atoms with Crippen molar-refractivity contribution in [1.29, 1.82) is 0 Å². The van der Waals surface area contributed by atoms with Crippen molar-refractivity contribution in [2.45, 2.75) is 26.3 Å². The van der Waals surface area contributed by atoms with Gasteiger partial charge in [0.15, 0.2) is 17.5 Å². The molecule has 30 heavy (non-hydrogen) atoms. The Bertz CT molecular complexity index is 799. The van der Waals surface area contributed by atoms with E-state index in [1.54, 1.807) is 14.2 Å². The first-order chi connectivity index (χ1) is 14.1. The third kappa shape index (κ3) is 8.25. The topological polar surface area (TPSA) is 71.0 Å². The lowest BCUT2D eigenvalue weighted by atomic mass is 10.1. The number of ether oxygens (including phenoxy) is 2. The second-order valence-electron chi connectivity index (χ2n) is 6.76. The maximum atomic E-state index is 5.65. The van der Waals surface area contributed by atoms with Crippen molar-refractivity contribution in [3.05, 3.63) is 47.7 Å². The van der Waals surface area contributed by atoms with E-state index in [1.165, 1.54) is 5.56 Å². The molecule has 0 saturated carbocycles.